The summed E-state index contributed by atoms with van der Waals surface area (Å²) in [4.78, 5) is 22.0. The Labute approximate surface area is 223 Å². The molecule has 0 aliphatic carbocycles. The number of fused-ring (bicyclic) bond motifs is 1. The lowest BCUT2D eigenvalue weighted by atomic mass is 9.97. The van der Waals surface area contributed by atoms with Crippen molar-refractivity contribution in [2.75, 3.05) is 11.9 Å². The molecule has 2 heterocycles. The number of benzene rings is 2. The van der Waals surface area contributed by atoms with Crippen LogP contribution in [-0.2, 0) is 22.7 Å². The summed E-state index contributed by atoms with van der Waals surface area (Å²) in [6, 6.07) is 15.0. The monoisotopic (exact) mass is 514 g/mol. The van der Waals surface area contributed by atoms with E-state index >= 15 is 0 Å². The summed E-state index contributed by atoms with van der Waals surface area (Å²) in [6.07, 6.45) is 1.98. The Morgan fingerprint density at radius 2 is 1.95 bits per heavy atom. The zero-order valence-corrected chi connectivity index (χ0v) is 22.2. The Morgan fingerprint density at radius 3 is 2.63 bits per heavy atom. The van der Waals surface area contributed by atoms with Crippen LogP contribution in [0.3, 0.4) is 0 Å². The lowest BCUT2D eigenvalue weighted by Crippen LogP contribution is -2.40. The minimum Gasteiger partial charge on any atom is -0.481 e. The number of anilines is 2. The van der Waals surface area contributed by atoms with Crippen LogP contribution in [0.25, 0.3) is 17.0 Å². The van der Waals surface area contributed by atoms with E-state index in [1.54, 1.807) is 6.92 Å². The Bertz CT molecular complexity index is 1350. The molecule has 1 aromatic heterocycles. The van der Waals surface area contributed by atoms with Gasteiger partial charge in [0.2, 0.25) is 0 Å². The third-order valence-electron chi connectivity index (χ3n) is 5.96. The second-order valence-electron chi connectivity index (χ2n) is 10.3. The van der Waals surface area contributed by atoms with E-state index in [4.69, 9.17) is 30.6 Å². The average Bonchev–Trinajstić information content (AvgIpc) is 3.38. The minimum absolute atomic E-state index is 0.0112. The van der Waals surface area contributed by atoms with E-state index in [-0.39, 0.29) is 11.3 Å². The first-order valence-corrected chi connectivity index (χ1v) is 12.5. The molecule has 2 aromatic carbocycles. The highest BCUT2D eigenvalue weighted by Gasteiger charge is 2.22. The molecule has 198 valence electrons. The van der Waals surface area contributed by atoms with Crippen LogP contribution in [0, 0.1) is 10.8 Å². The number of rotatable bonds is 9. The number of ether oxygens (including phenoxy) is 2. The van der Waals surface area contributed by atoms with Gasteiger partial charge in [0.25, 0.3) is 5.91 Å². The van der Waals surface area contributed by atoms with E-state index in [1.165, 1.54) is 12.4 Å². The van der Waals surface area contributed by atoms with Crippen molar-refractivity contribution in [1.29, 1.82) is 5.41 Å². The minimum atomic E-state index is -0.649. The van der Waals surface area contributed by atoms with Gasteiger partial charge in [-0.1, -0.05) is 45.0 Å². The van der Waals surface area contributed by atoms with E-state index in [1.807, 2.05) is 48.5 Å². The fourth-order valence-corrected chi connectivity index (χ4v) is 3.86. The SMILES string of the molecule is CC(Oc1cccc(-c2nc3c(c(Nc4ccc(/C(C=N)=C/N)cc4)n2)COC3)c1)C(=O)NCC(C)(C)C. The molecule has 0 fully saturated rings. The van der Waals surface area contributed by atoms with E-state index in [0.717, 1.165) is 28.1 Å². The molecule has 9 nitrogen and oxygen atoms in total. The van der Waals surface area contributed by atoms with Gasteiger partial charge in [-0.2, -0.15) is 0 Å². The molecule has 1 aliphatic rings. The van der Waals surface area contributed by atoms with Gasteiger partial charge in [0, 0.05) is 41.3 Å². The number of carbonyl (C=O) groups is 1. The van der Waals surface area contributed by atoms with Crippen LogP contribution < -0.4 is 21.1 Å². The number of nitrogens with two attached hydrogens (primary N) is 1. The number of hydrogen-bond donors (Lipinski definition) is 4. The Morgan fingerprint density at radius 1 is 1.18 bits per heavy atom. The van der Waals surface area contributed by atoms with Crippen molar-refractivity contribution >= 4 is 29.2 Å². The molecule has 1 atom stereocenters. The van der Waals surface area contributed by atoms with Gasteiger partial charge in [-0.05, 0) is 42.2 Å². The lowest BCUT2D eigenvalue weighted by molar-refractivity contribution is -0.127. The van der Waals surface area contributed by atoms with E-state index in [9.17, 15) is 4.79 Å². The van der Waals surface area contributed by atoms with Crippen LogP contribution in [0.4, 0.5) is 11.5 Å². The number of nitrogens with zero attached hydrogens (tertiary/aromatic N) is 2. The Hall–Kier alpha value is -4.24. The van der Waals surface area contributed by atoms with Crippen LogP contribution in [0.1, 0.15) is 44.5 Å². The zero-order valence-electron chi connectivity index (χ0n) is 22.2. The van der Waals surface area contributed by atoms with Gasteiger partial charge in [-0.3, -0.25) is 4.79 Å². The Kier molecular flexibility index (Phi) is 8.07. The highest BCUT2D eigenvalue weighted by atomic mass is 16.5. The summed E-state index contributed by atoms with van der Waals surface area (Å²) < 4.78 is 11.6. The highest BCUT2D eigenvalue weighted by Crippen LogP contribution is 2.31. The summed E-state index contributed by atoms with van der Waals surface area (Å²) in [5.41, 5.74) is 10.4. The Balaban J connectivity index is 1.55. The smallest absolute Gasteiger partial charge is 0.260 e. The molecular weight excluding hydrogens is 480 g/mol. The van der Waals surface area contributed by atoms with Crippen LogP contribution in [-0.4, -0.2) is 34.7 Å². The molecule has 0 radical (unpaired) electrons. The second-order valence-corrected chi connectivity index (χ2v) is 10.3. The number of amides is 1. The number of nitrogens with one attached hydrogen (secondary N) is 3. The van der Waals surface area contributed by atoms with Crippen molar-refractivity contribution in [3.05, 3.63) is 71.6 Å². The van der Waals surface area contributed by atoms with Crippen LogP contribution in [0.15, 0.2) is 54.7 Å². The first-order valence-electron chi connectivity index (χ1n) is 12.5. The van der Waals surface area contributed by atoms with E-state index in [2.05, 4.69) is 31.4 Å². The maximum atomic E-state index is 12.5. The van der Waals surface area contributed by atoms with Gasteiger partial charge in [0.15, 0.2) is 11.9 Å². The fourth-order valence-electron chi connectivity index (χ4n) is 3.86. The molecule has 1 aliphatic heterocycles. The van der Waals surface area contributed by atoms with Crippen molar-refractivity contribution in [2.45, 2.75) is 47.0 Å². The third kappa shape index (κ3) is 6.54. The van der Waals surface area contributed by atoms with Gasteiger partial charge in [-0.15, -0.1) is 0 Å². The molecule has 3 aromatic rings. The molecule has 1 unspecified atom stereocenters. The van der Waals surface area contributed by atoms with Crippen molar-refractivity contribution in [2.24, 2.45) is 11.1 Å². The van der Waals surface area contributed by atoms with Gasteiger partial charge < -0.3 is 31.3 Å². The van der Waals surface area contributed by atoms with Crippen molar-refractivity contribution in [3.63, 3.8) is 0 Å². The number of aromatic nitrogens is 2. The largest absolute Gasteiger partial charge is 0.481 e. The average molecular weight is 515 g/mol. The molecule has 0 spiro atoms. The standard InChI is InChI=1S/C29H34N6O3/c1-18(28(36)32-17-29(2,3)4)38-23-7-5-6-20(12-23)26-34-25-16-37-15-24(25)27(35-26)33-22-10-8-19(9-11-22)21(13-30)14-31/h5-14,18,30H,15-17,31H2,1-4H3,(H,32,36)(H,33,34,35)/b21-14+,30-13?. The van der Waals surface area contributed by atoms with Crippen molar-refractivity contribution in [3.8, 4) is 17.1 Å². The van der Waals surface area contributed by atoms with Gasteiger partial charge in [-0.25, -0.2) is 9.97 Å². The normalized spacial score (nSPS) is 13.9. The van der Waals surface area contributed by atoms with Crippen LogP contribution in [0.2, 0.25) is 0 Å². The summed E-state index contributed by atoms with van der Waals surface area (Å²) in [5, 5.41) is 13.8. The molecule has 0 saturated heterocycles. The predicted molar refractivity (Wildman–Crippen MR) is 149 cm³/mol. The molecule has 5 N–H and O–H groups in total. The fraction of sp³-hybridized carbons (Fsp3) is 0.310. The molecule has 1 amide bonds. The molecule has 0 bridgehead atoms. The summed E-state index contributed by atoms with van der Waals surface area (Å²) in [7, 11) is 0. The number of hydrogen-bond acceptors (Lipinski definition) is 8. The molecule has 0 saturated carbocycles. The van der Waals surface area contributed by atoms with Crippen LogP contribution in [0.5, 0.6) is 5.75 Å². The number of carbonyl (C=O) groups excluding carboxylic acids is 1. The maximum absolute atomic E-state index is 12.5. The summed E-state index contributed by atoms with van der Waals surface area (Å²) in [5.74, 6) is 1.59. The van der Waals surface area contributed by atoms with E-state index in [0.29, 0.717) is 42.7 Å². The van der Waals surface area contributed by atoms with Gasteiger partial charge in [0.1, 0.15) is 11.6 Å². The molecule has 4 rings (SSSR count). The third-order valence-corrected chi connectivity index (χ3v) is 5.96. The highest BCUT2D eigenvalue weighted by molar-refractivity contribution is 6.08. The zero-order chi connectivity index (χ0) is 27.3. The first-order chi connectivity index (χ1) is 18.2. The van der Waals surface area contributed by atoms with Gasteiger partial charge >= 0.3 is 0 Å². The second kappa shape index (κ2) is 11.4. The molecule has 38 heavy (non-hydrogen) atoms. The summed E-state index contributed by atoms with van der Waals surface area (Å²) >= 11 is 0. The van der Waals surface area contributed by atoms with Gasteiger partial charge in [0.05, 0.1) is 18.9 Å². The topological polar surface area (TPSA) is 135 Å². The van der Waals surface area contributed by atoms with E-state index < -0.39 is 6.10 Å². The van der Waals surface area contributed by atoms with Crippen LogP contribution >= 0.6 is 0 Å². The maximum Gasteiger partial charge on any atom is 0.260 e. The van der Waals surface area contributed by atoms with Crippen molar-refractivity contribution in [1.82, 2.24) is 15.3 Å². The lowest BCUT2D eigenvalue weighted by Gasteiger charge is -2.21. The number of allylic oxidation sites excluding steroid dienone is 1. The quantitative estimate of drug-likeness (QED) is 0.301. The predicted octanol–water partition coefficient (Wildman–Crippen LogP) is 4.80. The van der Waals surface area contributed by atoms with Crippen molar-refractivity contribution < 1.29 is 14.3 Å². The molecular formula is C29H34N6O3. The first kappa shape index (κ1) is 26.8. The summed E-state index contributed by atoms with van der Waals surface area (Å²) in [6.45, 7) is 9.32. The molecule has 9 heteroatoms.